The van der Waals surface area contributed by atoms with Crippen molar-refractivity contribution in [2.24, 2.45) is 7.05 Å². The molecular weight excluding hydrogens is 1000 g/mol. The summed E-state index contributed by atoms with van der Waals surface area (Å²) < 4.78 is 38.4. The molecule has 4 heterocycles. The summed E-state index contributed by atoms with van der Waals surface area (Å²) in [5.41, 5.74) is 12.3. The average molecular weight is 1060 g/mol. The van der Waals surface area contributed by atoms with E-state index in [-0.39, 0.29) is 11.3 Å². The molecule has 0 atom stereocenters. The Hall–Kier alpha value is -9.80. The van der Waals surface area contributed by atoms with Crippen molar-refractivity contribution in [1.29, 1.82) is 5.26 Å². The molecule has 0 radical (unpaired) electrons. The van der Waals surface area contributed by atoms with Gasteiger partial charge in [0.2, 0.25) is 5.70 Å². The summed E-state index contributed by atoms with van der Waals surface area (Å²) in [6, 6.07) is 47.1. The van der Waals surface area contributed by atoms with Gasteiger partial charge in [-0.05, 0) is 59.4 Å². The lowest BCUT2D eigenvalue weighted by Gasteiger charge is -2.22. The second-order valence-electron chi connectivity index (χ2n) is 19.0. The third-order valence-corrected chi connectivity index (χ3v) is 14.1. The fraction of sp³-hybridized carbons (Fsp3) is 0.169. The molecule has 0 fully saturated rings. The summed E-state index contributed by atoms with van der Waals surface area (Å²) in [7, 11) is 5.21. The van der Waals surface area contributed by atoms with Crippen molar-refractivity contribution in [2.75, 3.05) is 40.6 Å². The van der Waals surface area contributed by atoms with E-state index in [0.717, 1.165) is 55.7 Å². The third-order valence-electron chi connectivity index (χ3n) is 14.1. The van der Waals surface area contributed by atoms with E-state index in [0.29, 0.717) is 106 Å². The van der Waals surface area contributed by atoms with Gasteiger partial charge in [-0.1, -0.05) is 133 Å². The van der Waals surface area contributed by atoms with Crippen LogP contribution in [0.2, 0.25) is 0 Å². The first-order chi connectivity index (χ1) is 39.2. The van der Waals surface area contributed by atoms with Crippen LogP contribution in [0, 0.1) is 31.8 Å². The van der Waals surface area contributed by atoms with Crippen molar-refractivity contribution < 1.29 is 28.4 Å². The van der Waals surface area contributed by atoms with Crippen molar-refractivity contribution in [2.45, 2.75) is 27.1 Å². The Balaban J connectivity index is 1.41. The van der Waals surface area contributed by atoms with E-state index in [9.17, 15) is 11.8 Å². The SMILES string of the molecule is [C-]#[N+]/C(c1cnc2cc(C)c(OC)cc2n1)=c1\c2c(-c3ccc(COCCOC=C)cc3)n(C)/c(=C(/C#N)c3cnc4cc(OC)c(C)cc4n3)c2c(-c2ccc(COCCOC=C)cc2)n1B(c1ccccc1)c1ccccc1. The van der Waals surface area contributed by atoms with Crippen LogP contribution in [0.4, 0.5) is 0 Å². The molecule has 0 unspecified atom stereocenters. The van der Waals surface area contributed by atoms with E-state index in [2.05, 4.69) is 81.6 Å². The van der Waals surface area contributed by atoms with Gasteiger partial charge in [-0.25, -0.2) is 9.83 Å². The summed E-state index contributed by atoms with van der Waals surface area (Å²) in [6.07, 6.45) is 6.12. The lowest BCUT2D eigenvalue weighted by atomic mass is 9.50. The Morgan fingerprint density at radius 3 is 1.62 bits per heavy atom. The highest BCUT2D eigenvalue weighted by atomic mass is 16.5. The molecule has 0 saturated carbocycles. The number of rotatable bonds is 21. The molecule has 0 bridgehead atoms. The molecule has 4 aromatic heterocycles. The molecule has 14 nitrogen and oxygen atoms in total. The zero-order chi connectivity index (χ0) is 55.7. The van der Waals surface area contributed by atoms with Crippen molar-refractivity contribution in [3.63, 3.8) is 0 Å². The van der Waals surface area contributed by atoms with Crippen LogP contribution in [0.3, 0.4) is 0 Å². The molecule has 0 aliphatic rings. The smallest absolute Gasteiger partial charge is 0.327 e. The highest BCUT2D eigenvalue weighted by molar-refractivity contribution is 6.84. The number of nitrogens with zero attached hydrogens (tertiary/aromatic N) is 8. The maximum Gasteiger partial charge on any atom is 0.327 e. The van der Waals surface area contributed by atoms with Crippen molar-refractivity contribution in [1.82, 2.24) is 29.0 Å². The van der Waals surface area contributed by atoms with E-state index in [1.165, 1.54) is 12.5 Å². The molecule has 80 heavy (non-hydrogen) atoms. The molecular formula is C65H57BN8O6. The van der Waals surface area contributed by atoms with Crippen LogP contribution in [0.15, 0.2) is 172 Å². The van der Waals surface area contributed by atoms with Gasteiger partial charge in [0.1, 0.15) is 42.0 Å². The van der Waals surface area contributed by atoms with Crippen molar-refractivity contribution >= 4 is 61.9 Å². The molecule has 0 amide bonds. The number of aryl methyl sites for hydroxylation is 2. The zero-order valence-electron chi connectivity index (χ0n) is 45.3. The molecule has 6 aromatic carbocycles. The van der Waals surface area contributed by atoms with Gasteiger partial charge >= 0.3 is 6.85 Å². The van der Waals surface area contributed by atoms with Crippen LogP contribution in [-0.4, -0.2) is 76.5 Å². The fourth-order valence-corrected chi connectivity index (χ4v) is 10.4. The van der Waals surface area contributed by atoms with Crippen LogP contribution in [0.5, 0.6) is 11.5 Å². The Morgan fingerprint density at radius 2 is 1.10 bits per heavy atom. The maximum absolute atomic E-state index is 11.8. The highest BCUT2D eigenvalue weighted by Gasteiger charge is 2.34. The Bertz CT molecular complexity index is 4110. The first-order valence-electron chi connectivity index (χ1n) is 26.0. The van der Waals surface area contributed by atoms with Gasteiger partial charge in [-0.15, -0.1) is 0 Å². The first kappa shape index (κ1) is 53.6. The standard InChI is InChI=1S/C65H57BN8O6/c1-9-77-29-31-79-40-44-21-25-46(26-22-44)62-59-60(64(73(62)6)50(37-67)55-38-69-52-35-57(75-7)43(4)34-53(52)71-55)63(47-27-23-45(24-28-47)41-80-32-30-78-10-2)74(66(48-17-13-11-14-18-48)49-19-15-12-16-20-49)65(59)61(68-5)56-39-70-51-33-42(3)58(76-8)36-54(51)72-56/h9-28,33-36,38-39H,1-2,29-32,40-41H2,3-4,6-8H3/b64-50-,65-61+. The van der Waals surface area contributed by atoms with Gasteiger partial charge in [0.05, 0.1) is 105 Å². The zero-order valence-corrected chi connectivity index (χ0v) is 45.3. The van der Waals surface area contributed by atoms with Gasteiger partial charge in [0, 0.05) is 47.2 Å². The molecule has 15 heteroatoms. The van der Waals surface area contributed by atoms with E-state index in [1.807, 2.05) is 106 Å². The topological polar surface area (TPSA) is 145 Å². The molecule has 0 aliphatic carbocycles. The average Bonchev–Trinajstić information content (AvgIpc) is 2.60. The second kappa shape index (κ2) is 24.3. The molecule has 10 aromatic rings. The Morgan fingerprint density at radius 1 is 0.625 bits per heavy atom. The number of hydrogen-bond donors (Lipinski definition) is 0. The largest absolute Gasteiger partial charge is 0.499 e. The maximum atomic E-state index is 11.8. The van der Waals surface area contributed by atoms with Gasteiger partial charge in [-0.3, -0.25) is 15.0 Å². The summed E-state index contributed by atoms with van der Waals surface area (Å²) in [6.45, 7) is 22.2. The normalized spacial score (nSPS) is 11.9. The van der Waals surface area contributed by atoms with Crippen LogP contribution < -0.4 is 31.1 Å². The van der Waals surface area contributed by atoms with Gasteiger partial charge < -0.3 is 37.5 Å². The predicted octanol–water partition coefficient (Wildman–Crippen LogP) is 9.64. The van der Waals surface area contributed by atoms with Crippen LogP contribution in [0.25, 0.3) is 71.5 Å². The number of ether oxygens (including phenoxy) is 6. The number of benzene rings is 6. The van der Waals surface area contributed by atoms with Crippen molar-refractivity contribution in [3.8, 4) is 40.1 Å². The van der Waals surface area contributed by atoms with Gasteiger partial charge in [-0.2, -0.15) is 5.26 Å². The molecule has 0 spiro atoms. The van der Waals surface area contributed by atoms with Crippen LogP contribution >= 0.6 is 0 Å². The predicted molar refractivity (Wildman–Crippen MR) is 315 cm³/mol. The summed E-state index contributed by atoms with van der Waals surface area (Å²) in [5, 5.41) is 14.3. The van der Waals surface area contributed by atoms with Crippen LogP contribution in [0.1, 0.15) is 33.6 Å². The minimum atomic E-state index is -0.560. The van der Waals surface area contributed by atoms with Crippen molar-refractivity contribution in [3.05, 3.63) is 227 Å². The second-order valence-corrected chi connectivity index (χ2v) is 19.0. The van der Waals surface area contributed by atoms with Crippen LogP contribution in [-0.2, 0) is 39.2 Å². The Labute approximate surface area is 464 Å². The lowest BCUT2D eigenvalue weighted by Crippen LogP contribution is -2.53. The van der Waals surface area contributed by atoms with Gasteiger partial charge in [0.25, 0.3) is 0 Å². The summed E-state index contributed by atoms with van der Waals surface area (Å²) in [4.78, 5) is 24.8. The number of methoxy groups -OCH3 is 2. The highest BCUT2D eigenvalue weighted by Crippen LogP contribution is 2.37. The third kappa shape index (κ3) is 10.6. The molecule has 10 rings (SSSR count). The van der Waals surface area contributed by atoms with E-state index in [4.69, 9.17) is 48.4 Å². The van der Waals surface area contributed by atoms with Gasteiger partial charge in [0.15, 0.2) is 0 Å². The minimum Gasteiger partial charge on any atom is -0.499 e. The quantitative estimate of drug-likeness (QED) is 0.0294. The van der Waals surface area contributed by atoms with E-state index < -0.39 is 6.85 Å². The molecule has 0 aliphatic heterocycles. The summed E-state index contributed by atoms with van der Waals surface area (Å²) in [5.74, 6) is 1.33. The van der Waals surface area contributed by atoms with E-state index >= 15 is 0 Å². The van der Waals surface area contributed by atoms with E-state index in [1.54, 1.807) is 26.6 Å². The first-order valence-corrected chi connectivity index (χ1v) is 26.0. The number of aromatic nitrogens is 6. The summed E-state index contributed by atoms with van der Waals surface area (Å²) >= 11 is 0. The number of fused-ring (bicyclic) bond motifs is 3. The molecule has 0 saturated heterocycles. The lowest BCUT2D eigenvalue weighted by molar-refractivity contribution is 0.0750. The minimum absolute atomic E-state index is 0.234. The molecule has 0 N–H and O–H groups in total. The monoisotopic (exact) mass is 1060 g/mol. The number of nitriles is 1. The Kier molecular flexibility index (Phi) is 16.3. The molecule has 396 valence electrons. The number of hydrogen-bond acceptors (Lipinski definition) is 11. The fourth-order valence-electron chi connectivity index (χ4n) is 10.4.